The van der Waals surface area contributed by atoms with Gasteiger partial charge in [0.2, 0.25) is 0 Å². The maximum absolute atomic E-state index is 11.5. The summed E-state index contributed by atoms with van der Waals surface area (Å²) in [6.45, 7) is 1.37. The van der Waals surface area contributed by atoms with E-state index in [4.69, 9.17) is 10.5 Å². The molecule has 98 valence electrons. The lowest BCUT2D eigenvalue weighted by molar-refractivity contribution is 0.194. The van der Waals surface area contributed by atoms with Crippen LogP contribution < -0.4 is 11.1 Å². The summed E-state index contributed by atoms with van der Waals surface area (Å²) in [6, 6.07) is 0. The highest BCUT2D eigenvalue weighted by atomic mass is 32.2. The normalized spacial score (nSPS) is 11.6. The lowest BCUT2D eigenvalue weighted by atomic mass is 10.3. The van der Waals surface area contributed by atoms with E-state index < -0.39 is 9.84 Å². The molecule has 0 bridgehead atoms. The zero-order valence-corrected chi connectivity index (χ0v) is 11.5. The molecule has 0 fully saturated rings. The van der Waals surface area contributed by atoms with Gasteiger partial charge in [0.25, 0.3) is 0 Å². The molecule has 3 N–H and O–H groups in total. The van der Waals surface area contributed by atoms with Crippen LogP contribution >= 0.6 is 11.5 Å². The van der Waals surface area contributed by atoms with E-state index in [0.29, 0.717) is 18.2 Å². The molecule has 0 radical (unpaired) electrons. The number of methoxy groups -OCH3 is 1. The Morgan fingerprint density at radius 1 is 1.47 bits per heavy atom. The molecule has 0 saturated heterocycles. The Morgan fingerprint density at radius 2 is 2.18 bits per heavy atom. The minimum Gasteiger partial charge on any atom is -0.385 e. The van der Waals surface area contributed by atoms with Gasteiger partial charge in [0.15, 0.2) is 15.7 Å². The average molecular weight is 279 g/mol. The molecular weight excluding hydrogens is 262 g/mol. The van der Waals surface area contributed by atoms with Gasteiger partial charge >= 0.3 is 0 Å². The van der Waals surface area contributed by atoms with E-state index in [1.54, 1.807) is 7.11 Å². The molecule has 0 aliphatic heterocycles. The fourth-order valence-electron chi connectivity index (χ4n) is 1.34. The molecule has 17 heavy (non-hydrogen) atoms. The monoisotopic (exact) mass is 279 g/mol. The molecule has 0 unspecified atom stereocenters. The van der Waals surface area contributed by atoms with E-state index in [0.717, 1.165) is 30.6 Å². The standard InChI is InChI=1S/C9H17N3O3S2/c1-15-6-4-3-5-11-9-7(17(2,13)14)8(10)12-16-9/h11H,3-6H2,1-2H3,(H2,10,12). The number of ether oxygens (including phenoxy) is 1. The quantitative estimate of drug-likeness (QED) is 0.722. The number of unbranched alkanes of at least 4 members (excludes halogenated alkanes) is 1. The second-order valence-corrected chi connectivity index (χ2v) is 6.35. The van der Waals surface area contributed by atoms with Crippen LogP contribution in [0.4, 0.5) is 10.8 Å². The number of hydrogen-bond donors (Lipinski definition) is 2. The number of sulfone groups is 1. The van der Waals surface area contributed by atoms with Gasteiger partial charge < -0.3 is 15.8 Å². The highest BCUT2D eigenvalue weighted by Gasteiger charge is 2.20. The van der Waals surface area contributed by atoms with E-state index in [-0.39, 0.29) is 10.7 Å². The zero-order valence-electron chi connectivity index (χ0n) is 9.89. The molecule has 1 heterocycles. The molecule has 0 amide bonds. The van der Waals surface area contributed by atoms with E-state index in [1.165, 1.54) is 0 Å². The fraction of sp³-hybridized carbons (Fsp3) is 0.667. The first-order valence-corrected chi connectivity index (χ1v) is 7.81. The van der Waals surface area contributed by atoms with Crippen molar-refractivity contribution in [1.82, 2.24) is 4.37 Å². The Bertz CT molecular complexity index is 456. The highest BCUT2D eigenvalue weighted by molar-refractivity contribution is 7.91. The van der Waals surface area contributed by atoms with Gasteiger partial charge in [0, 0.05) is 26.5 Å². The minimum atomic E-state index is -3.33. The highest BCUT2D eigenvalue weighted by Crippen LogP contribution is 2.31. The number of rotatable bonds is 7. The smallest absolute Gasteiger partial charge is 0.182 e. The summed E-state index contributed by atoms with van der Waals surface area (Å²) in [5.41, 5.74) is 5.54. The molecular formula is C9H17N3O3S2. The first-order chi connectivity index (χ1) is 7.96. The lowest BCUT2D eigenvalue weighted by Crippen LogP contribution is -2.07. The van der Waals surface area contributed by atoms with Crippen LogP contribution in [0.15, 0.2) is 4.90 Å². The van der Waals surface area contributed by atoms with Gasteiger partial charge in [0.1, 0.15) is 9.90 Å². The lowest BCUT2D eigenvalue weighted by Gasteiger charge is -2.05. The minimum absolute atomic E-state index is 0.0666. The van der Waals surface area contributed by atoms with Gasteiger partial charge in [-0.05, 0) is 24.4 Å². The van der Waals surface area contributed by atoms with Crippen LogP contribution in [-0.4, -0.2) is 39.3 Å². The van der Waals surface area contributed by atoms with E-state index in [1.807, 2.05) is 0 Å². The number of anilines is 2. The van der Waals surface area contributed by atoms with Crippen molar-refractivity contribution in [2.45, 2.75) is 17.7 Å². The van der Waals surface area contributed by atoms with Gasteiger partial charge in [-0.15, -0.1) is 0 Å². The summed E-state index contributed by atoms with van der Waals surface area (Å²) in [4.78, 5) is 0.106. The Kier molecular flexibility index (Phi) is 5.16. The molecule has 0 spiro atoms. The molecule has 0 atom stereocenters. The molecule has 1 aromatic rings. The zero-order chi connectivity index (χ0) is 12.9. The Hall–Kier alpha value is -0.860. The van der Waals surface area contributed by atoms with Crippen LogP contribution in [0, 0.1) is 0 Å². The van der Waals surface area contributed by atoms with Gasteiger partial charge in [-0.2, -0.15) is 4.37 Å². The van der Waals surface area contributed by atoms with Gasteiger partial charge in [-0.25, -0.2) is 8.42 Å². The van der Waals surface area contributed by atoms with Crippen molar-refractivity contribution < 1.29 is 13.2 Å². The van der Waals surface area contributed by atoms with Crippen LogP contribution in [-0.2, 0) is 14.6 Å². The molecule has 0 aromatic carbocycles. The van der Waals surface area contributed by atoms with E-state index in [2.05, 4.69) is 9.69 Å². The van der Waals surface area contributed by atoms with Crippen LogP contribution in [0.25, 0.3) is 0 Å². The maximum atomic E-state index is 11.5. The van der Waals surface area contributed by atoms with Crippen LogP contribution in [0.5, 0.6) is 0 Å². The Morgan fingerprint density at radius 3 is 2.76 bits per heavy atom. The number of nitrogens with zero attached hydrogens (tertiary/aromatic N) is 1. The van der Waals surface area contributed by atoms with Gasteiger partial charge in [0.05, 0.1) is 0 Å². The van der Waals surface area contributed by atoms with Crippen molar-refractivity contribution in [1.29, 1.82) is 0 Å². The van der Waals surface area contributed by atoms with Crippen molar-refractivity contribution in [2.24, 2.45) is 0 Å². The third-order valence-corrected chi connectivity index (χ3v) is 4.21. The molecule has 1 rings (SSSR count). The second-order valence-electron chi connectivity index (χ2n) is 3.62. The van der Waals surface area contributed by atoms with Crippen molar-refractivity contribution in [3.8, 4) is 0 Å². The van der Waals surface area contributed by atoms with Gasteiger partial charge in [-0.1, -0.05) is 0 Å². The topological polar surface area (TPSA) is 94.3 Å². The summed E-state index contributed by atoms with van der Waals surface area (Å²) < 4.78 is 31.8. The second kappa shape index (κ2) is 6.18. The SMILES string of the molecule is COCCCCNc1snc(N)c1S(C)(=O)=O. The van der Waals surface area contributed by atoms with Crippen molar-refractivity contribution >= 4 is 32.2 Å². The third kappa shape index (κ3) is 4.14. The summed E-state index contributed by atoms with van der Waals surface area (Å²) in [5.74, 6) is 0.0666. The molecule has 0 saturated carbocycles. The first kappa shape index (κ1) is 14.2. The predicted molar refractivity (Wildman–Crippen MR) is 69.2 cm³/mol. The summed E-state index contributed by atoms with van der Waals surface area (Å²) in [7, 11) is -1.68. The van der Waals surface area contributed by atoms with Crippen molar-refractivity contribution in [2.75, 3.05) is 37.6 Å². The number of nitrogens with one attached hydrogen (secondary N) is 1. The molecule has 1 aromatic heterocycles. The number of nitrogens with two attached hydrogens (primary N) is 1. The van der Waals surface area contributed by atoms with Crippen LogP contribution in [0.2, 0.25) is 0 Å². The third-order valence-electron chi connectivity index (χ3n) is 2.11. The van der Waals surface area contributed by atoms with Crippen molar-refractivity contribution in [3.05, 3.63) is 0 Å². The van der Waals surface area contributed by atoms with E-state index in [9.17, 15) is 8.42 Å². The number of aromatic nitrogens is 1. The predicted octanol–water partition coefficient (Wildman–Crippen LogP) is 0.967. The molecule has 0 aliphatic carbocycles. The molecule has 6 nitrogen and oxygen atoms in total. The van der Waals surface area contributed by atoms with E-state index >= 15 is 0 Å². The summed E-state index contributed by atoms with van der Waals surface area (Å²) in [5, 5.41) is 3.56. The Balaban J connectivity index is 2.60. The van der Waals surface area contributed by atoms with Crippen LogP contribution in [0.1, 0.15) is 12.8 Å². The molecule has 8 heteroatoms. The van der Waals surface area contributed by atoms with Crippen molar-refractivity contribution in [3.63, 3.8) is 0 Å². The first-order valence-electron chi connectivity index (χ1n) is 5.15. The number of nitrogen functional groups attached to an aromatic ring is 1. The van der Waals surface area contributed by atoms with Gasteiger partial charge in [-0.3, -0.25) is 0 Å². The maximum Gasteiger partial charge on any atom is 0.182 e. The fourth-order valence-corrected chi connectivity index (χ4v) is 3.43. The van der Waals surface area contributed by atoms with Crippen LogP contribution in [0.3, 0.4) is 0 Å². The molecule has 0 aliphatic rings. The summed E-state index contributed by atoms with van der Waals surface area (Å²) >= 11 is 1.07. The largest absolute Gasteiger partial charge is 0.385 e. The Labute approximate surface area is 105 Å². The average Bonchev–Trinajstić information content (AvgIpc) is 2.59. The summed E-state index contributed by atoms with van der Waals surface area (Å²) in [6.07, 6.45) is 2.95. The number of hydrogen-bond acceptors (Lipinski definition) is 7.